The molecule has 0 aliphatic carbocycles. The summed E-state index contributed by atoms with van der Waals surface area (Å²) in [6.45, 7) is 3.13. The first-order chi connectivity index (χ1) is 12.9. The van der Waals surface area contributed by atoms with Crippen LogP contribution in [0.15, 0.2) is 60.9 Å². The first kappa shape index (κ1) is 16.7. The molecule has 26 heavy (non-hydrogen) atoms. The second-order valence-electron chi connectivity index (χ2n) is 6.66. The molecule has 1 aliphatic heterocycles. The van der Waals surface area contributed by atoms with Crippen LogP contribution in [0, 0.1) is 5.92 Å². The molecule has 5 heteroatoms. The summed E-state index contributed by atoms with van der Waals surface area (Å²) in [4.78, 5) is 13.6. The third kappa shape index (κ3) is 4.06. The molecule has 0 bridgehead atoms. The Morgan fingerprint density at radius 2 is 1.85 bits per heavy atom. The van der Waals surface area contributed by atoms with Gasteiger partial charge in [0.05, 0.1) is 5.69 Å². The summed E-state index contributed by atoms with van der Waals surface area (Å²) in [6, 6.07) is 16.2. The van der Waals surface area contributed by atoms with Gasteiger partial charge in [-0.15, -0.1) is 0 Å². The van der Waals surface area contributed by atoms with Crippen molar-refractivity contribution in [3.8, 4) is 22.6 Å². The van der Waals surface area contributed by atoms with Crippen LogP contribution in [0.1, 0.15) is 12.8 Å². The number of rotatable bonds is 5. The highest BCUT2D eigenvalue weighted by Gasteiger charge is 2.14. The van der Waals surface area contributed by atoms with Gasteiger partial charge < -0.3 is 10.6 Å². The summed E-state index contributed by atoms with van der Waals surface area (Å²) < 4.78 is 0. The van der Waals surface area contributed by atoms with E-state index in [-0.39, 0.29) is 0 Å². The van der Waals surface area contributed by atoms with Crippen molar-refractivity contribution >= 4 is 5.82 Å². The predicted molar refractivity (Wildman–Crippen MR) is 105 cm³/mol. The van der Waals surface area contributed by atoms with Crippen molar-refractivity contribution in [2.75, 3.05) is 25.0 Å². The highest BCUT2D eigenvalue weighted by Crippen LogP contribution is 2.24. The van der Waals surface area contributed by atoms with Gasteiger partial charge in [-0.2, -0.15) is 0 Å². The molecule has 4 rings (SSSR count). The molecule has 5 nitrogen and oxygen atoms in total. The summed E-state index contributed by atoms with van der Waals surface area (Å²) in [7, 11) is 0. The van der Waals surface area contributed by atoms with Gasteiger partial charge >= 0.3 is 0 Å². The normalized spacial score (nSPS) is 17.0. The van der Waals surface area contributed by atoms with Gasteiger partial charge in [-0.3, -0.25) is 4.98 Å². The van der Waals surface area contributed by atoms with Crippen LogP contribution in [0.2, 0.25) is 0 Å². The Labute approximate surface area is 153 Å². The number of nitrogens with zero attached hydrogens (tertiary/aromatic N) is 3. The molecule has 1 atom stereocenters. The monoisotopic (exact) mass is 345 g/mol. The van der Waals surface area contributed by atoms with E-state index in [0.29, 0.717) is 5.92 Å². The van der Waals surface area contributed by atoms with Crippen LogP contribution in [-0.2, 0) is 0 Å². The molecule has 0 saturated carbocycles. The van der Waals surface area contributed by atoms with E-state index in [1.165, 1.54) is 12.8 Å². The van der Waals surface area contributed by atoms with Gasteiger partial charge in [0, 0.05) is 36.1 Å². The molecule has 1 aromatic carbocycles. The fourth-order valence-electron chi connectivity index (χ4n) is 3.27. The van der Waals surface area contributed by atoms with E-state index < -0.39 is 0 Å². The zero-order valence-electron chi connectivity index (χ0n) is 14.7. The van der Waals surface area contributed by atoms with E-state index >= 15 is 0 Å². The van der Waals surface area contributed by atoms with Gasteiger partial charge in [-0.1, -0.05) is 30.3 Å². The number of piperidine rings is 1. The molecule has 1 fully saturated rings. The summed E-state index contributed by atoms with van der Waals surface area (Å²) in [5, 5.41) is 6.99. The van der Waals surface area contributed by atoms with E-state index in [0.717, 1.165) is 48.1 Å². The van der Waals surface area contributed by atoms with Gasteiger partial charge in [0.15, 0.2) is 5.82 Å². The maximum absolute atomic E-state index is 4.78. The molecule has 1 unspecified atom stereocenters. The zero-order chi connectivity index (χ0) is 17.6. The average Bonchev–Trinajstić information content (AvgIpc) is 2.74. The zero-order valence-corrected chi connectivity index (χ0v) is 14.7. The number of benzene rings is 1. The van der Waals surface area contributed by atoms with Crippen LogP contribution in [0.3, 0.4) is 0 Å². The van der Waals surface area contributed by atoms with Gasteiger partial charge in [0.1, 0.15) is 5.82 Å². The second kappa shape index (κ2) is 8.06. The van der Waals surface area contributed by atoms with Crippen molar-refractivity contribution in [3.05, 3.63) is 60.9 Å². The fourth-order valence-corrected chi connectivity index (χ4v) is 3.27. The molecule has 2 aromatic heterocycles. The van der Waals surface area contributed by atoms with E-state index in [1.807, 2.05) is 36.4 Å². The van der Waals surface area contributed by atoms with Crippen molar-refractivity contribution in [1.29, 1.82) is 0 Å². The molecule has 132 valence electrons. The molecule has 2 N–H and O–H groups in total. The molecular weight excluding hydrogens is 322 g/mol. The SMILES string of the molecule is c1ccc(-c2cc(NCC3CCCNC3)nc(-c3ccncc3)n2)cc1. The fraction of sp³-hybridized carbons (Fsp3) is 0.286. The summed E-state index contributed by atoms with van der Waals surface area (Å²) in [6.07, 6.45) is 6.05. The minimum absolute atomic E-state index is 0.642. The second-order valence-corrected chi connectivity index (χ2v) is 6.66. The molecule has 3 heterocycles. The molecular formula is C21H23N5. The Morgan fingerprint density at radius 3 is 2.62 bits per heavy atom. The van der Waals surface area contributed by atoms with Crippen molar-refractivity contribution in [2.45, 2.75) is 12.8 Å². The Bertz CT molecular complexity index is 772. The van der Waals surface area contributed by atoms with E-state index in [2.05, 4.69) is 27.8 Å². The van der Waals surface area contributed by atoms with Gasteiger partial charge in [0.25, 0.3) is 0 Å². The van der Waals surface area contributed by atoms with Crippen LogP contribution >= 0.6 is 0 Å². The van der Waals surface area contributed by atoms with Gasteiger partial charge in [0.2, 0.25) is 0 Å². The Hall–Kier alpha value is -2.79. The first-order valence-electron chi connectivity index (χ1n) is 9.18. The molecule has 1 saturated heterocycles. The van der Waals surface area contributed by atoms with Crippen LogP contribution < -0.4 is 10.6 Å². The van der Waals surface area contributed by atoms with E-state index in [9.17, 15) is 0 Å². The Morgan fingerprint density at radius 1 is 1.00 bits per heavy atom. The molecule has 0 amide bonds. The van der Waals surface area contributed by atoms with Crippen molar-refractivity contribution in [2.24, 2.45) is 5.92 Å². The van der Waals surface area contributed by atoms with Gasteiger partial charge in [-0.25, -0.2) is 9.97 Å². The lowest BCUT2D eigenvalue weighted by molar-refractivity contribution is 0.392. The smallest absolute Gasteiger partial charge is 0.162 e. The van der Waals surface area contributed by atoms with Gasteiger partial charge in [-0.05, 0) is 44.0 Å². The van der Waals surface area contributed by atoms with Crippen molar-refractivity contribution < 1.29 is 0 Å². The highest BCUT2D eigenvalue weighted by atomic mass is 15.0. The summed E-state index contributed by atoms with van der Waals surface area (Å²) in [5.41, 5.74) is 2.99. The summed E-state index contributed by atoms with van der Waals surface area (Å²) >= 11 is 0. The molecule has 1 aliphatic rings. The number of hydrogen-bond acceptors (Lipinski definition) is 5. The maximum Gasteiger partial charge on any atom is 0.162 e. The number of nitrogens with one attached hydrogen (secondary N) is 2. The maximum atomic E-state index is 4.78. The number of hydrogen-bond donors (Lipinski definition) is 2. The Balaban J connectivity index is 1.64. The minimum atomic E-state index is 0.642. The Kier molecular flexibility index (Phi) is 5.17. The van der Waals surface area contributed by atoms with E-state index in [1.54, 1.807) is 12.4 Å². The first-order valence-corrected chi connectivity index (χ1v) is 9.18. The third-order valence-electron chi connectivity index (χ3n) is 4.71. The van der Waals surface area contributed by atoms with Crippen LogP contribution in [0.4, 0.5) is 5.82 Å². The molecule has 3 aromatic rings. The lowest BCUT2D eigenvalue weighted by Gasteiger charge is -2.23. The molecule has 0 radical (unpaired) electrons. The van der Waals surface area contributed by atoms with Crippen LogP contribution in [-0.4, -0.2) is 34.6 Å². The van der Waals surface area contributed by atoms with E-state index in [4.69, 9.17) is 9.97 Å². The van der Waals surface area contributed by atoms with Crippen molar-refractivity contribution in [1.82, 2.24) is 20.3 Å². The number of aromatic nitrogens is 3. The highest BCUT2D eigenvalue weighted by molar-refractivity contribution is 5.67. The summed E-state index contributed by atoms with van der Waals surface area (Å²) in [5.74, 6) is 2.23. The molecule has 0 spiro atoms. The lowest BCUT2D eigenvalue weighted by Crippen LogP contribution is -2.33. The standard InChI is InChI=1S/C21H23N5/c1-2-6-17(7-3-1)19-13-20(24-15-16-5-4-10-23-14-16)26-21(25-19)18-8-11-22-12-9-18/h1-3,6-9,11-13,16,23H,4-5,10,14-15H2,(H,24,25,26). The topological polar surface area (TPSA) is 62.7 Å². The largest absolute Gasteiger partial charge is 0.370 e. The minimum Gasteiger partial charge on any atom is -0.370 e. The predicted octanol–water partition coefficient (Wildman–Crippen LogP) is 3.62. The van der Waals surface area contributed by atoms with Crippen molar-refractivity contribution in [3.63, 3.8) is 0 Å². The number of anilines is 1. The third-order valence-corrected chi connectivity index (χ3v) is 4.71. The van der Waals surface area contributed by atoms with Crippen LogP contribution in [0.25, 0.3) is 22.6 Å². The average molecular weight is 345 g/mol. The quantitative estimate of drug-likeness (QED) is 0.739. The number of pyridine rings is 1. The van der Waals surface area contributed by atoms with Crippen LogP contribution in [0.5, 0.6) is 0 Å². The lowest BCUT2D eigenvalue weighted by atomic mass is 10.00.